The van der Waals surface area contributed by atoms with Crippen molar-refractivity contribution in [3.8, 4) is 11.5 Å². The number of ether oxygens (including phenoxy) is 2. The molecule has 0 aliphatic carbocycles. The molecule has 0 heterocycles. The third kappa shape index (κ3) is 6.39. The van der Waals surface area contributed by atoms with Crippen LogP contribution in [0, 0.1) is 0 Å². The number of amides is 2. The van der Waals surface area contributed by atoms with Gasteiger partial charge in [-0.05, 0) is 42.0 Å². The molecule has 2 amide bonds. The van der Waals surface area contributed by atoms with Gasteiger partial charge in [0.15, 0.2) is 0 Å². The normalized spacial score (nSPS) is 10.1. The van der Waals surface area contributed by atoms with E-state index in [-0.39, 0.29) is 6.42 Å². The molecule has 148 valence electrons. The van der Waals surface area contributed by atoms with Crippen LogP contribution in [0.1, 0.15) is 12.0 Å². The summed E-state index contributed by atoms with van der Waals surface area (Å²) in [5.74, 6) is 0.520. The summed E-state index contributed by atoms with van der Waals surface area (Å²) in [5, 5.41) is 5.38. The number of benzene rings is 3. The Labute approximate surface area is 169 Å². The highest BCUT2D eigenvalue weighted by atomic mass is 16.5. The standard InChI is InChI=1S/C23H22N2O4/c1-28-21-9-5-8-19(14-21)25-23(27)15-22(26)24-18-10-12-20(13-11-18)29-16-17-6-3-2-4-7-17/h2-14H,15-16H2,1H3,(H,24,26)(H,25,27). The lowest BCUT2D eigenvalue weighted by Crippen LogP contribution is -2.21. The van der Waals surface area contributed by atoms with Gasteiger partial charge in [0.25, 0.3) is 0 Å². The van der Waals surface area contributed by atoms with E-state index in [2.05, 4.69) is 10.6 Å². The van der Waals surface area contributed by atoms with Crippen LogP contribution in [0.2, 0.25) is 0 Å². The van der Waals surface area contributed by atoms with Gasteiger partial charge in [0.1, 0.15) is 24.5 Å². The van der Waals surface area contributed by atoms with E-state index < -0.39 is 11.8 Å². The smallest absolute Gasteiger partial charge is 0.233 e. The first-order valence-corrected chi connectivity index (χ1v) is 9.13. The number of rotatable bonds is 8. The van der Waals surface area contributed by atoms with Crippen molar-refractivity contribution in [2.24, 2.45) is 0 Å². The molecule has 0 aliphatic heterocycles. The molecule has 6 nitrogen and oxygen atoms in total. The summed E-state index contributed by atoms with van der Waals surface area (Å²) in [7, 11) is 1.55. The predicted octanol–water partition coefficient (Wildman–Crippen LogP) is 4.24. The fourth-order valence-electron chi connectivity index (χ4n) is 2.63. The summed E-state index contributed by atoms with van der Waals surface area (Å²) >= 11 is 0. The van der Waals surface area contributed by atoms with Gasteiger partial charge in [-0.1, -0.05) is 36.4 Å². The molecule has 3 aromatic rings. The number of carbonyl (C=O) groups is 2. The minimum atomic E-state index is -0.404. The molecule has 0 atom stereocenters. The summed E-state index contributed by atoms with van der Waals surface area (Å²) in [6, 6.07) is 23.8. The van der Waals surface area contributed by atoms with Crippen LogP contribution in [0.4, 0.5) is 11.4 Å². The maximum Gasteiger partial charge on any atom is 0.233 e. The first-order valence-electron chi connectivity index (χ1n) is 9.13. The van der Waals surface area contributed by atoms with E-state index in [1.165, 1.54) is 0 Å². The quantitative estimate of drug-likeness (QED) is 0.564. The molecule has 0 radical (unpaired) electrons. The van der Waals surface area contributed by atoms with Gasteiger partial charge in [-0.15, -0.1) is 0 Å². The minimum Gasteiger partial charge on any atom is -0.497 e. The molecule has 0 saturated heterocycles. The Balaban J connectivity index is 1.46. The van der Waals surface area contributed by atoms with Crippen molar-refractivity contribution >= 4 is 23.2 Å². The molecular weight excluding hydrogens is 368 g/mol. The topological polar surface area (TPSA) is 76.7 Å². The molecule has 3 aromatic carbocycles. The van der Waals surface area contributed by atoms with Gasteiger partial charge in [0.05, 0.1) is 7.11 Å². The Hall–Kier alpha value is -3.80. The van der Waals surface area contributed by atoms with E-state index in [9.17, 15) is 9.59 Å². The van der Waals surface area contributed by atoms with Crippen LogP contribution >= 0.6 is 0 Å². The van der Waals surface area contributed by atoms with Crippen molar-refractivity contribution in [2.45, 2.75) is 13.0 Å². The summed E-state index contributed by atoms with van der Waals surface area (Å²) in [4.78, 5) is 24.2. The van der Waals surface area contributed by atoms with Crippen LogP contribution in [0.3, 0.4) is 0 Å². The zero-order valence-corrected chi connectivity index (χ0v) is 16.1. The van der Waals surface area contributed by atoms with Gasteiger partial charge in [0, 0.05) is 17.4 Å². The lowest BCUT2D eigenvalue weighted by Gasteiger charge is -2.09. The van der Waals surface area contributed by atoms with E-state index in [0.717, 1.165) is 5.56 Å². The van der Waals surface area contributed by atoms with Crippen molar-refractivity contribution in [1.82, 2.24) is 0 Å². The third-order valence-electron chi connectivity index (χ3n) is 4.06. The van der Waals surface area contributed by atoms with Gasteiger partial charge in [-0.25, -0.2) is 0 Å². The second-order valence-electron chi connectivity index (χ2n) is 6.30. The average molecular weight is 390 g/mol. The highest BCUT2D eigenvalue weighted by Crippen LogP contribution is 2.18. The van der Waals surface area contributed by atoms with Crippen molar-refractivity contribution in [1.29, 1.82) is 0 Å². The van der Waals surface area contributed by atoms with Gasteiger partial charge in [-0.2, -0.15) is 0 Å². The second-order valence-corrected chi connectivity index (χ2v) is 6.30. The number of hydrogen-bond acceptors (Lipinski definition) is 4. The van der Waals surface area contributed by atoms with E-state index in [4.69, 9.17) is 9.47 Å². The Morgan fingerprint density at radius 1 is 0.759 bits per heavy atom. The first kappa shape index (κ1) is 19.9. The number of hydrogen-bond donors (Lipinski definition) is 2. The Morgan fingerprint density at radius 3 is 2.14 bits per heavy atom. The predicted molar refractivity (Wildman–Crippen MR) is 112 cm³/mol. The molecule has 0 spiro atoms. The largest absolute Gasteiger partial charge is 0.497 e. The van der Waals surface area contributed by atoms with E-state index in [1.807, 2.05) is 30.3 Å². The summed E-state index contributed by atoms with van der Waals surface area (Å²) in [6.45, 7) is 0.469. The monoisotopic (exact) mass is 390 g/mol. The average Bonchev–Trinajstić information content (AvgIpc) is 2.74. The Bertz CT molecular complexity index is 956. The molecule has 0 fully saturated rings. The minimum absolute atomic E-state index is 0.288. The van der Waals surface area contributed by atoms with Crippen LogP contribution in [0.15, 0.2) is 78.9 Å². The van der Waals surface area contributed by atoms with Gasteiger partial charge >= 0.3 is 0 Å². The van der Waals surface area contributed by atoms with Crippen molar-refractivity contribution in [2.75, 3.05) is 17.7 Å². The SMILES string of the molecule is COc1cccc(NC(=O)CC(=O)Nc2ccc(OCc3ccccc3)cc2)c1. The molecule has 29 heavy (non-hydrogen) atoms. The van der Waals surface area contributed by atoms with Crippen molar-refractivity contribution < 1.29 is 19.1 Å². The van der Waals surface area contributed by atoms with Crippen LogP contribution in [-0.2, 0) is 16.2 Å². The molecule has 0 bridgehead atoms. The molecule has 6 heteroatoms. The maximum absolute atomic E-state index is 12.1. The van der Waals surface area contributed by atoms with Gasteiger partial charge in [0.2, 0.25) is 11.8 Å². The molecule has 0 aromatic heterocycles. The fourth-order valence-corrected chi connectivity index (χ4v) is 2.63. The number of nitrogens with one attached hydrogen (secondary N) is 2. The number of methoxy groups -OCH3 is 1. The fraction of sp³-hybridized carbons (Fsp3) is 0.130. The number of anilines is 2. The molecular formula is C23H22N2O4. The first-order chi connectivity index (χ1) is 14.1. The third-order valence-corrected chi connectivity index (χ3v) is 4.06. The highest BCUT2D eigenvalue weighted by molar-refractivity contribution is 6.08. The maximum atomic E-state index is 12.1. The number of carbonyl (C=O) groups excluding carboxylic acids is 2. The zero-order valence-electron chi connectivity index (χ0n) is 16.1. The van der Waals surface area contributed by atoms with Crippen LogP contribution in [0.5, 0.6) is 11.5 Å². The van der Waals surface area contributed by atoms with Crippen molar-refractivity contribution in [3.63, 3.8) is 0 Å². The summed E-state index contributed by atoms with van der Waals surface area (Å²) in [5.41, 5.74) is 2.24. The van der Waals surface area contributed by atoms with E-state index in [0.29, 0.717) is 29.5 Å². The molecule has 2 N–H and O–H groups in total. The molecule has 0 saturated carbocycles. The van der Waals surface area contributed by atoms with E-state index >= 15 is 0 Å². The van der Waals surface area contributed by atoms with Gasteiger partial charge < -0.3 is 20.1 Å². The lowest BCUT2D eigenvalue weighted by atomic mass is 10.2. The highest BCUT2D eigenvalue weighted by Gasteiger charge is 2.10. The van der Waals surface area contributed by atoms with Crippen molar-refractivity contribution in [3.05, 3.63) is 84.4 Å². The van der Waals surface area contributed by atoms with Crippen LogP contribution in [-0.4, -0.2) is 18.9 Å². The second kappa shape index (κ2) is 9.94. The Kier molecular flexibility index (Phi) is 6.84. The van der Waals surface area contributed by atoms with E-state index in [1.54, 1.807) is 55.6 Å². The van der Waals surface area contributed by atoms with Crippen LogP contribution < -0.4 is 20.1 Å². The van der Waals surface area contributed by atoms with Gasteiger partial charge in [-0.3, -0.25) is 9.59 Å². The lowest BCUT2D eigenvalue weighted by molar-refractivity contribution is -0.123. The summed E-state index contributed by atoms with van der Waals surface area (Å²) < 4.78 is 10.8. The zero-order chi connectivity index (χ0) is 20.5. The Morgan fingerprint density at radius 2 is 1.45 bits per heavy atom. The molecule has 0 unspecified atom stereocenters. The molecule has 3 rings (SSSR count). The van der Waals surface area contributed by atoms with Crippen LogP contribution in [0.25, 0.3) is 0 Å². The molecule has 0 aliphatic rings. The summed E-state index contributed by atoms with van der Waals surface area (Å²) in [6.07, 6.45) is -0.288.